The Morgan fingerprint density at radius 2 is 2.04 bits per heavy atom. The lowest BCUT2D eigenvalue weighted by atomic mass is 10.0. The number of piperidine rings is 1. The smallest absolute Gasteiger partial charge is 0.251 e. The van der Waals surface area contributed by atoms with E-state index in [-0.39, 0.29) is 11.9 Å². The largest absolute Gasteiger partial charge is 0.456 e. The van der Waals surface area contributed by atoms with Gasteiger partial charge in [-0.15, -0.1) is 0 Å². The van der Waals surface area contributed by atoms with Gasteiger partial charge in [-0.2, -0.15) is 0 Å². The number of hydrogen-bond donors (Lipinski definition) is 2. The van der Waals surface area contributed by atoms with Crippen molar-refractivity contribution in [1.82, 2.24) is 15.6 Å². The number of nitrogens with zero attached hydrogens (tertiary/aromatic N) is 1. The SMILES string of the molecule is O=C(NC1CC2CC1CN2)c1ccc(Oc2cncc(Cl)c2)cc1. The summed E-state index contributed by atoms with van der Waals surface area (Å²) in [6.45, 7) is 1.01. The van der Waals surface area contributed by atoms with Crippen LogP contribution in [0.4, 0.5) is 0 Å². The standard InChI is InChI=1S/C18H18ClN3O2/c19-13-6-16(10-20-9-13)24-15-3-1-11(2-4-15)18(23)22-17-7-14-5-12(17)8-21-14/h1-4,6,9-10,12,14,17,21H,5,7-8H2,(H,22,23). The van der Waals surface area contributed by atoms with E-state index in [1.165, 1.54) is 6.42 Å². The summed E-state index contributed by atoms with van der Waals surface area (Å²) >= 11 is 5.89. The van der Waals surface area contributed by atoms with E-state index < -0.39 is 0 Å². The van der Waals surface area contributed by atoms with E-state index in [1.54, 1.807) is 42.7 Å². The summed E-state index contributed by atoms with van der Waals surface area (Å²) in [5.41, 5.74) is 0.641. The van der Waals surface area contributed by atoms with Gasteiger partial charge in [0.05, 0.1) is 11.2 Å². The Bertz CT molecular complexity index is 750. The first-order valence-corrected chi connectivity index (χ1v) is 8.48. The maximum absolute atomic E-state index is 12.4. The minimum absolute atomic E-state index is 0.0245. The van der Waals surface area contributed by atoms with Crippen LogP contribution in [0, 0.1) is 5.92 Å². The first-order valence-electron chi connectivity index (χ1n) is 8.10. The molecule has 1 aliphatic carbocycles. The zero-order valence-corrected chi connectivity index (χ0v) is 13.8. The summed E-state index contributed by atoms with van der Waals surface area (Å²) in [5.74, 6) is 1.74. The second-order valence-electron chi connectivity index (χ2n) is 6.38. The van der Waals surface area contributed by atoms with Crippen LogP contribution in [-0.2, 0) is 0 Å². The van der Waals surface area contributed by atoms with Gasteiger partial charge in [-0.1, -0.05) is 11.6 Å². The van der Waals surface area contributed by atoms with Crippen LogP contribution in [0.5, 0.6) is 11.5 Å². The van der Waals surface area contributed by atoms with Crippen molar-refractivity contribution in [2.45, 2.75) is 24.9 Å². The van der Waals surface area contributed by atoms with Gasteiger partial charge in [0.1, 0.15) is 11.5 Å². The molecule has 1 aliphatic heterocycles. The molecule has 1 aromatic carbocycles. The van der Waals surface area contributed by atoms with E-state index in [9.17, 15) is 4.79 Å². The third kappa shape index (κ3) is 3.23. The molecule has 0 radical (unpaired) electrons. The van der Waals surface area contributed by atoms with Gasteiger partial charge in [0, 0.05) is 36.5 Å². The Morgan fingerprint density at radius 3 is 2.71 bits per heavy atom. The maximum Gasteiger partial charge on any atom is 0.251 e. The van der Waals surface area contributed by atoms with Crippen LogP contribution in [0.25, 0.3) is 0 Å². The fourth-order valence-corrected chi connectivity index (χ4v) is 3.69. The van der Waals surface area contributed by atoms with Crippen molar-refractivity contribution in [3.8, 4) is 11.5 Å². The highest BCUT2D eigenvalue weighted by Gasteiger charge is 2.39. The van der Waals surface area contributed by atoms with Gasteiger partial charge < -0.3 is 15.4 Å². The molecule has 4 rings (SSSR count). The lowest BCUT2D eigenvalue weighted by Crippen LogP contribution is -2.44. The topological polar surface area (TPSA) is 63.2 Å². The van der Waals surface area contributed by atoms with E-state index in [4.69, 9.17) is 16.3 Å². The number of rotatable bonds is 4. The first-order chi connectivity index (χ1) is 11.7. The predicted octanol–water partition coefficient (Wildman–Crippen LogP) is 3.01. The van der Waals surface area contributed by atoms with Crippen LogP contribution in [0.1, 0.15) is 23.2 Å². The normalized spacial score (nSPS) is 24.8. The first kappa shape index (κ1) is 15.4. The quantitative estimate of drug-likeness (QED) is 0.895. The Labute approximate surface area is 145 Å². The van der Waals surface area contributed by atoms with Crippen molar-refractivity contribution in [1.29, 1.82) is 0 Å². The minimum Gasteiger partial charge on any atom is -0.456 e. The minimum atomic E-state index is -0.0245. The molecular weight excluding hydrogens is 326 g/mol. The summed E-state index contributed by atoms with van der Waals surface area (Å²) in [6, 6.07) is 9.65. The number of ether oxygens (including phenoxy) is 1. The molecule has 2 bridgehead atoms. The Hall–Kier alpha value is -2.11. The van der Waals surface area contributed by atoms with E-state index >= 15 is 0 Å². The van der Waals surface area contributed by atoms with Crippen molar-refractivity contribution in [2.75, 3.05) is 6.54 Å². The van der Waals surface area contributed by atoms with Crippen LogP contribution in [0.2, 0.25) is 5.02 Å². The molecule has 1 aromatic heterocycles. The number of nitrogens with one attached hydrogen (secondary N) is 2. The number of pyridine rings is 1. The van der Waals surface area contributed by atoms with Crippen LogP contribution in [0.3, 0.4) is 0 Å². The molecule has 1 saturated carbocycles. The lowest BCUT2D eigenvalue weighted by Gasteiger charge is -2.23. The van der Waals surface area contributed by atoms with Crippen molar-refractivity contribution in [2.24, 2.45) is 5.92 Å². The molecule has 2 heterocycles. The summed E-state index contributed by atoms with van der Waals surface area (Å²) in [5, 5.41) is 7.12. The molecule has 0 spiro atoms. The van der Waals surface area contributed by atoms with E-state index in [1.807, 2.05) is 0 Å². The molecule has 2 fully saturated rings. The van der Waals surface area contributed by atoms with Gasteiger partial charge in [-0.05, 0) is 43.0 Å². The van der Waals surface area contributed by atoms with E-state index in [0.29, 0.717) is 34.0 Å². The second kappa shape index (κ2) is 6.42. The number of amides is 1. The van der Waals surface area contributed by atoms with Gasteiger partial charge in [0.15, 0.2) is 0 Å². The number of aromatic nitrogens is 1. The maximum atomic E-state index is 12.4. The van der Waals surface area contributed by atoms with Gasteiger partial charge in [-0.25, -0.2) is 0 Å². The lowest BCUT2D eigenvalue weighted by molar-refractivity contribution is 0.0925. The number of fused-ring (bicyclic) bond motifs is 2. The Kier molecular flexibility index (Phi) is 4.12. The zero-order valence-electron chi connectivity index (χ0n) is 13.0. The highest BCUT2D eigenvalue weighted by Crippen LogP contribution is 2.31. The molecule has 24 heavy (non-hydrogen) atoms. The average molecular weight is 344 g/mol. The number of benzene rings is 1. The fraction of sp³-hybridized carbons (Fsp3) is 0.333. The molecule has 2 aliphatic rings. The van der Waals surface area contributed by atoms with Crippen LogP contribution >= 0.6 is 11.6 Å². The van der Waals surface area contributed by atoms with Crippen LogP contribution in [0.15, 0.2) is 42.7 Å². The number of carbonyl (C=O) groups is 1. The highest BCUT2D eigenvalue weighted by molar-refractivity contribution is 6.30. The van der Waals surface area contributed by atoms with Gasteiger partial charge in [-0.3, -0.25) is 9.78 Å². The Balaban J connectivity index is 1.39. The Morgan fingerprint density at radius 1 is 1.21 bits per heavy atom. The average Bonchev–Trinajstić information content (AvgIpc) is 3.18. The van der Waals surface area contributed by atoms with Crippen LogP contribution < -0.4 is 15.4 Å². The summed E-state index contributed by atoms with van der Waals surface area (Å²) < 4.78 is 5.68. The van der Waals surface area contributed by atoms with Crippen LogP contribution in [-0.4, -0.2) is 29.5 Å². The number of halogens is 1. The molecule has 3 atom stereocenters. The van der Waals surface area contributed by atoms with Crippen molar-refractivity contribution >= 4 is 17.5 Å². The molecule has 5 nitrogen and oxygen atoms in total. The third-order valence-corrected chi connectivity index (χ3v) is 4.92. The van der Waals surface area contributed by atoms with Gasteiger partial charge >= 0.3 is 0 Å². The molecule has 1 amide bonds. The monoisotopic (exact) mass is 343 g/mol. The van der Waals surface area contributed by atoms with Crippen molar-refractivity contribution < 1.29 is 9.53 Å². The van der Waals surface area contributed by atoms with E-state index in [0.717, 1.165) is 13.0 Å². The molecule has 1 saturated heterocycles. The molecule has 6 heteroatoms. The van der Waals surface area contributed by atoms with Gasteiger partial charge in [0.25, 0.3) is 5.91 Å². The fourth-order valence-electron chi connectivity index (χ4n) is 3.52. The molecule has 2 N–H and O–H groups in total. The third-order valence-electron chi connectivity index (χ3n) is 4.71. The molecular formula is C18H18ClN3O2. The molecule has 3 unspecified atom stereocenters. The van der Waals surface area contributed by atoms with Gasteiger partial charge in [0.2, 0.25) is 0 Å². The summed E-state index contributed by atoms with van der Waals surface area (Å²) in [6.07, 6.45) is 5.34. The summed E-state index contributed by atoms with van der Waals surface area (Å²) in [7, 11) is 0. The molecule has 124 valence electrons. The second-order valence-corrected chi connectivity index (χ2v) is 6.82. The zero-order chi connectivity index (χ0) is 16.5. The van der Waals surface area contributed by atoms with Crippen molar-refractivity contribution in [3.63, 3.8) is 0 Å². The highest BCUT2D eigenvalue weighted by atomic mass is 35.5. The molecule has 2 aromatic rings. The predicted molar refractivity (Wildman–Crippen MR) is 91.5 cm³/mol. The number of carbonyl (C=O) groups excluding carboxylic acids is 1. The van der Waals surface area contributed by atoms with E-state index in [2.05, 4.69) is 15.6 Å². The number of hydrogen-bond acceptors (Lipinski definition) is 4. The summed E-state index contributed by atoms with van der Waals surface area (Å²) in [4.78, 5) is 16.4. The van der Waals surface area contributed by atoms with Crippen molar-refractivity contribution in [3.05, 3.63) is 53.3 Å².